The Morgan fingerprint density at radius 3 is 2.73 bits per heavy atom. The molecule has 1 heterocycles. The number of benzene rings is 1. The van der Waals surface area contributed by atoms with E-state index in [0.717, 1.165) is 51.3 Å². The molecular formula is C18H29N2O2+. The number of ether oxygens (including phenoxy) is 1. The van der Waals surface area contributed by atoms with Crippen molar-refractivity contribution in [1.82, 2.24) is 4.90 Å². The standard InChI is InChI=1S/C18H28N2O2/c1-4-20(5-2)18(21)16-10-8-12-19(14-16)13-15-9-6-7-11-17(15)22-3/h6-7,9,11,16H,4-5,8,10,12-14H2,1-3H3/p+1/t16-/m0/s1. The summed E-state index contributed by atoms with van der Waals surface area (Å²) in [6.45, 7) is 8.76. The Kier molecular flexibility index (Phi) is 6.25. The van der Waals surface area contributed by atoms with Gasteiger partial charge in [-0.1, -0.05) is 12.1 Å². The van der Waals surface area contributed by atoms with Gasteiger partial charge in [0.1, 0.15) is 12.3 Å². The zero-order valence-electron chi connectivity index (χ0n) is 14.1. The van der Waals surface area contributed by atoms with Gasteiger partial charge in [-0.25, -0.2) is 0 Å². The molecule has 0 aromatic heterocycles. The number of amides is 1. The van der Waals surface area contributed by atoms with Crippen LogP contribution in [0.4, 0.5) is 0 Å². The van der Waals surface area contributed by atoms with E-state index in [1.54, 1.807) is 7.11 Å². The number of carbonyl (C=O) groups is 1. The number of nitrogens with zero attached hydrogens (tertiary/aromatic N) is 1. The van der Waals surface area contributed by atoms with Crippen LogP contribution in [0.2, 0.25) is 0 Å². The fourth-order valence-electron chi connectivity index (χ4n) is 3.43. The van der Waals surface area contributed by atoms with Crippen LogP contribution in [-0.4, -0.2) is 44.1 Å². The van der Waals surface area contributed by atoms with Crippen molar-refractivity contribution in [2.45, 2.75) is 33.2 Å². The van der Waals surface area contributed by atoms with Crippen LogP contribution >= 0.6 is 0 Å². The van der Waals surface area contributed by atoms with Crippen LogP contribution in [0.25, 0.3) is 0 Å². The van der Waals surface area contributed by atoms with Crippen molar-refractivity contribution in [2.24, 2.45) is 5.92 Å². The third kappa shape index (κ3) is 4.01. The summed E-state index contributed by atoms with van der Waals surface area (Å²) in [6.07, 6.45) is 2.16. The molecule has 1 aromatic rings. The van der Waals surface area contributed by atoms with E-state index >= 15 is 0 Å². The minimum Gasteiger partial charge on any atom is -0.496 e. The minimum atomic E-state index is 0.179. The number of quaternary nitrogens is 1. The van der Waals surface area contributed by atoms with E-state index in [2.05, 4.69) is 26.0 Å². The summed E-state index contributed by atoms with van der Waals surface area (Å²) >= 11 is 0. The van der Waals surface area contributed by atoms with E-state index in [1.165, 1.54) is 10.5 Å². The summed E-state index contributed by atoms with van der Waals surface area (Å²) in [5.41, 5.74) is 1.23. The molecule has 0 radical (unpaired) electrons. The molecule has 0 saturated carbocycles. The summed E-state index contributed by atoms with van der Waals surface area (Å²) in [4.78, 5) is 16.0. The van der Waals surface area contributed by atoms with Gasteiger partial charge in [-0.15, -0.1) is 0 Å². The number of methoxy groups -OCH3 is 1. The van der Waals surface area contributed by atoms with Crippen LogP contribution in [0.3, 0.4) is 0 Å². The third-order valence-electron chi connectivity index (χ3n) is 4.68. The fraction of sp³-hybridized carbons (Fsp3) is 0.611. The van der Waals surface area contributed by atoms with Crippen LogP contribution in [0, 0.1) is 5.92 Å². The molecule has 1 amide bonds. The zero-order chi connectivity index (χ0) is 15.9. The van der Waals surface area contributed by atoms with Crippen LogP contribution < -0.4 is 9.64 Å². The van der Waals surface area contributed by atoms with Crippen molar-refractivity contribution in [1.29, 1.82) is 0 Å². The molecular weight excluding hydrogens is 276 g/mol. The highest BCUT2D eigenvalue weighted by Gasteiger charge is 2.31. The first-order valence-electron chi connectivity index (χ1n) is 8.43. The van der Waals surface area contributed by atoms with Gasteiger partial charge in [0.25, 0.3) is 0 Å². The van der Waals surface area contributed by atoms with Gasteiger partial charge in [0.2, 0.25) is 5.91 Å². The lowest BCUT2D eigenvalue weighted by Gasteiger charge is -2.32. The molecule has 0 bridgehead atoms. The predicted molar refractivity (Wildman–Crippen MR) is 88.0 cm³/mol. The average molecular weight is 305 g/mol. The highest BCUT2D eigenvalue weighted by Crippen LogP contribution is 2.17. The molecule has 1 aliphatic heterocycles. The Hall–Kier alpha value is -1.55. The van der Waals surface area contributed by atoms with Gasteiger partial charge in [-0.05, 0) is 38.8 Å². The molecule has 1 unspecified atom stereocenters. The van der Waals surface area contributed by atoms with Crippen molar-refractivity contribution >= 4 is 5.91 Å². The lowest BCUT2D eigenvalue weighted by Crippen LogP contribution is -3.12. The summed E-state index contributed by atoms with van der Waals surface area (Å²) in [6, 6.07) is 8.19. The van der Waals surface area contributed by atoms with E-state index < -0.39 is 0 Å². The SMILES string of the molecule is CCN(CC)C(=O)[C@H]1CCC[NH+](Cc2ccccc2OC)C1. The van der Waals surface area contributed by atoms with Gasteiger partial charge in [0.05, 0.1) is 26.1 Å². The molecule has 2 rings (SSSR count). The van der Waals surface area contributed by atoms with E-state index in [0.29, 0.717) is 5.91 Å². The van der Waals surface area contributed by atoms with Crippen molar-refractivity contribution in [3.8, 4) is 5.75 Å². The van der Waals surface area contributed by atoms with Crippen molar-refractivity contribution in [2.75, 3.05) is 33.3 Å². The monoisotopic (exact) mass is 305 g/mol. The highest BCUT2D eigenvalue weighted by molar-refractivity contribution is 5.78. The lowest BCUT2D eigenvalue weighted by molar-refractivity contribution is -0.921. The summed E-state index contributed by atoms with van der Waals surface area (Å²) < 4.78 is 5.45. The smallest absolute Gasteiger partial charge is 0.231 e. The first-order valence-corrected chi connectivity index (χ1v) is 8.43. The van der Waals surface area contributed by atoms with Gasteiger partial charge in [0.15, 0.2) is 0 Å². The Morgan fingerprint density at radius 1 is 1.32 bits per heavy atom. The summed E-state index contributed by atoms with van der Waals surface area (Å²) in [5.74, 6) is 1.47. The van der Waals surface area contributed by atoms with E-state index in [9.17, 15) is 4.79 Å². The number of likely N-dealkylation sites (tertiary alicyclic amines) is 1. The number of para-hydroxylation sites is 1. The molecule has 1 fully saturated rings. The highest BCUT2D eigenvalue weighted by atomic mass is 16.5. The number of hydrogen-bond acceptors (Lipinski definition) is 2. The van der Waals surface area contributed by atoms with Gasteiger partial charge in [-0.3, -0.25) is 4.79 Å². The Bertz CT molecular complexity index is 486. The zero-order valence-corrected chi connectivity index (χ0v) is 14.1. The number of nitrogens with one attached hydrogen (secondary N) is 1. The van der Waals surface area contributed by atoms with Crippen molar-refractivity contribution < 1.29 is 14.4 Å². The quantitative estimate of drug-likeness (QED) is 0.861. The Labute approximate surface area is 134 Å². The van der Waals surface area contributed by atoms with Crippen LogP contribution in [-0.2, 0) is 11.3 Å². The van der Waals surface area contributed by atoms with Gasteiger partial charge < -0.3 is 14.5 Å². The second-order valence-electron chi connectivity index (χ2n) is 6.04. The maximum Gasteiger partial charge on any atom is 0.231 e. The number of piperidine rings is 1. The second-order valence-corrected chi connectivity index (χ2v) is 6.04. The van der Waals surface area contributed by atoms with Gasteiger partial charge in [-0.2, -0.15) is 0 Å². The molecule has 4 nitrogen and oxygen atoms in total. The van der Waals surface area contributed by atoms with E-state index in [4.69, 9.17) is 4.74 Å². The molecule has 2 atom stereocenters. The molecule has 1 aliphatic rings. The fourth-order valence-corrected chi connectivity index (χ4v) is 3.43. The van der Waals surface area contributed by atoms with Crippen molar-refractivity contribution in [3.63, 3.8) is 0 Å². The molecule has 1 aromatic carbocycles. The van der Waals surface area contributed by atoms with Crippen LogP contribution in [0.1, 0.15) is 32.3 Å². The number of rotatable bonds is 6. The summed E-state index contributed by atoms with van der Waals surface area (Å²) in [5, 5.41) is 0. The average Bonchev–Trinajstić information content (AvgIpc) is 2.56. The maximum atomic E-state index is 12.6. The van der Waals surface area contributed by atoms with E-state index in [-0.39, 0.29) is 5.92 Å². The molecule has 0 aliphatic carbocycles. The third-order valence-corrected chi connectivity index (χ3v) is 4.68. The summed E-state index contributed by atoms with van der Waals surface area (Å²) in [7, 11) is 1.72. The second kappa shape index (κ2) is 8.18. The topological polar surface area (TPSA) is 34.0 Å². The largest absolute Gasteiger partial charge is 0.496 e. The molecule has 22 heavy (non-hydrogen) atoms. The van der Waals surface area contributed by atoms with Crippen LogP contribution in [0.5, 0.6) is 5.75 Å². The predicted octanol–water partition coefficient (Wildman–Crippen LogP) is 1.36. The van der Waals surface area contributed by atoms with Crippen LogP contribution in [0.15, 0.2) is 24.3 Å². The normalized spacial score (nSPS) is 21.4. The number of hydrogen-bond donors (Lipinski definition) is 1. The van der Waals surface area contributed by atoms with Gasteiger partial charge in [0, 0.05) is 18.7 Å². The molecule has 1 N–H and O–H groups in total. The first kappa shape index (κ1) is 16.8. The lowest BCUT2D eigenvalue weighted by atomic mass is 9.96. The number of carbonyl (C=O) groups excluding carboxylic acids is 1. The van der Waals surface area contributed by atoms with Crippen molar-refractivity contribution in [3.05, 3.63) is 29.8 Å². The maximum absolute atomic E-state index is 12.6. The molecule has 1 saturated heterocycles. The Balaban J connectivity index is 2.00. The molecule has 122 valence electrons. The minimum absolute atomic E-state index is 0.179. The first-order chi connectivity index (χ1) is 10.7. The van der Waals surface area contributed by atoms with E-state index in [1.807, 2.05) is 17.0 Å². The molecule has 4 heteroatoms. The Morgan fingerprint density at radius 2 is 2.05 bits per heavy atom. The van der Waals surface area contributed by atoms with Gasteiger partial charge >= 0.3 is 0 Å². The molecule has 0 spiro atoms.